The molecule has 0 saturated carbocycles. The molecule has 1 atom stereocenters. The van der Waals surface area contributed by atoms with Crippen molar-refractivity contribution in [1.29, 1.82) is 0 Å². The first-order valence-electron chi connectivity index (χ1n) is 6.92. The highest BCUT2D eigenvalue weighted by Crippen LogP contribution is 2.25. The highest BCUT2D eigenvalue weighted by molar-refractivity contribution is 6.31. The Hall–Kier alpha value is -1.06. The summed E-state index contributed by atoms with van der Waals surface area (Å²) in [5, 5.41) is 11.6. The van der Waals surface area contributed by atoms with E-state index < -0.39 is 6.10 Å². The van der Waals surface area contributed by atoms with Crippen LogP contribution in [0.1, 0.15) is 23.7 Å². The van der Waals surface area contributed by atoms with E-state index in [1.807, 2.05) is 49.5 Å². The molecule has 1 N–H and O–H groups in total. The van der Waals surface area contributed by atoms with Crippen LogP contribution in [0.4, 0.5) is 0 Å². The first kappa shape index (κ1) is 16.3. The van der Waals surface area contributed by atoms with Gasteiger partial charge in [-0.05, 0) is 36.7 Å². The van der Waals surface area contributed by atoms with Gasteiger partial charge < -0.3 is 10.0 Å². The third-order valence-electron chi connectivity index (χ3n) is 3.45. The molecule has 2 aromatic rings. The molecule has 21 heavy (non-hydrogen) atoms. The third kappa shape index (κ3) is 4.72. The van der Waals surface area contributed by atoms with Crippen molar-refractivity contribution >= 4 is 23.2 Å². The first-order chi connectivity index (χ1) is 10.1. The summed E-state index contributed by atoms with van der Waals surface area (Å²) >= 11 is 12.2. The van der Waals surface area contributed by atoms with Crippen molar-refractivity contribution in [3.8, 4) is 0 Å². The number of rotatable bonds is 6. The van der Waals surface area contributed by atoms with E-state index in [4.69, 9.17) is 23.2 Å². The lowest BCUT2D eigenvalue weighted by Gasteiger charge is -2.20. The Morgan fingerprint density at radius 3 is 2.29 bits per heavy atom. The third-order valence-corrected chi connectivity index (χ3v) is 4.16. The maximum Gasteiger partial charge on any atom is 0.0816 e. The second-order valence-electron chi connectivity index (χ2n) is 5.16. The maximum absolute atomic E-state index is 10.2. The minimum Gasteiger partial charge on any atom is -0.388 e. The van der Waals surface area contributed by atoms with Crippen LogP contribution in [0.15, 0.2) is 48.5 Å². The van der Waals surface area contributed by atoms with Crippen LogP contribution in [0, 0.1) is 0 Å². The molecule has 0 spiro atoms. The van der Waals surface area contributed by atoms with Gasteiger partial charge in [-0.15, -0.1) is 0 Å². The van der Waals surface area contributed by atoms with E-state index >= 15 is 0 Å². The fourth-order valence-corrected chi connectivity index (χ4v) is 2.70. The molecule has 0 aliphatic heterocycles. The lowest BCUT2D eigenvalue weighted by atomic mass is 10.1. The summed E-state index contributed by atoms with van der Waals surface area (Å²) in [6, 6.07) is 15.2. The number of aliphatic hydroxyl groups is 1. The highest BCUT2D eigenvalue weighted by Gasteiger charge is 2.12. The van der Waals surface area contributed by atoms with Crippen molar-refractivity contribution in [1.82, 2.24) is 4.90 Å². The molecule has 0 aliphatic rings. The Kier molecular flexibility index (Phi) is 6.07. The number of hydrogen-bond acceptors (Lipinski definition) is 2. The van der Waals surface area contributed by atoms with Gasteiger partial charge in [0.15, 0.2) is 0 Å². The van der Waals surface area contributed by atoms with Crippen LogP contribution >= 0.6 is 23.2 Å². The van der Waals surface area contributed by atoms with Gasteiger partial charge in [-0.2, -0.15) is 0 Å². The Morgan fingerprint density at radius 2 is 1.62 bits per heavy atom. The molecule has 2 aromatic carbocycles. The van der Waals surface area contributed by atoms with Crippen LogP contribution in [0.25, 0.3) is 0 Å². The zero-order valence-electron chi connectivity index (χ0n) is 12.0. The zero-order chi connectivity index (χ0) is 15.2. The van der Waals surface area contributed by atoms with Crippen molar-refractivity contribution < 1.29 is 5.11 Å². The molecule has 2 nitrogen and oxygen atoms in total. The average Bonchev–Trinajstić information content (AvgIpc) is 2.48. The molecule has 0 heterocycles. The molecule has 112 valence electrons. The van der Waals surface area contributed by atoms with Crippen LogP contribution in [-0.4, -0.2) is 23.6 Å². The van der Waals surface area contributed by atoms with E-state index in [0.717, 1.165) is 29.2 Å². The highest BCUT2D eigenvalue weighted by atomic mass is 35.5. The van der Waals surface area contributed by atoms with Gasteiger partial charge in [0, 0.05) is 23.1 Å². The molecule has 4 heteroatoms. The summed E-state index contributed by atoms with van der Waals surface area (Å²) in [6.45, 7) is 1.52. The molecule has 1 unspecified atom stereocenters. The minimum absolute atomic E-state index is 0.549. The van der Waals surface area contributed by atoms with Crippen LogP contribution in [0.5, 0.6) is 0 Å². The predicted octanol–water partition coefficient (Wildman–Crippen LogP) is 4.55. The van der Waals surface area contributed by atoms with E-state index in [9.17, 15) is 5.11 Å². The fourth-order valence-electron chi connectivity index (χ4n) is 2.24. The van der Waals surface area contributed by atoms with Gasteiger partial charge in [-0.1, -0.05) is 59.6 Å². The van der Waals surface area contributed by atoms with Crippen molar-refractivity contribution in [2.75, 3.05) is 13.6 Å². The summed E-state index contributed by atoms with van der Waals surface area (Å²) < 4.78 is 0. The molecule has 0 bridgehead atoms. The molecule has 0 saturated heterocycles. The largest absolute Gasteiger partial charge is 0.388 e. The van der Waals surface area contributed by atoms with Crippen molar-refractivity contribution in [3.05, 3.63) is 69.7 Å². The fraction of sp³-hybridized carbons (Fsp3) is 0.294. The second-order valence-corrected chi connectivity index (χ2v) is 5.97. The summed E-state index contributed by atoms with van der Waals surface area (Å²) in [4.78, 5) is 2.14. The molecular weight excluding hydrogens is 305 g/mol. The van der Waals surface area contributed by atoms with E-state index in [-0.39, 0.29) is 0 Å². The van der Waals surface area contributed by atoms with Gasteiger partial charge >= 0.3 is 0 Å². The van der Waals surface area contributed by atoms with E-state index in [1.54, 1.807) is 6.07 Å². The Balaban J connectivity index is 1.88. The van der Waals surface area contributed by atoms with Gasteiger partial charge in [0.1, 0.15) is 0 Å². The smallest absolute Gasteiger partial charge is 0.0816 e. The Morgan fingerprint density at radius 1 is 1.00 bits per heavy atom. The van der Waals surface area contributed by atoms with E-state index in [2.05, 4.69) is 4.90 Å². The number of hydrogen-bond donors (Lipinski definition) is 1. The molecule has 0 fully saturated rings. The molecule has 0 radical (unpaired) electrons. The van der Waals surface area contributed by atoms with Crippen LogP contribution < -0.4 is 0 Å². The summed E-state index contributed by atoms with van der Waals surface area (Å²) in [5.74, 6) is 0. The topological polar surface area (TPSA) is 23.5 Å². The van der Waals surface area contributed by atoms with Gasteiger partial charge in [0.05, 0.1) is 6.10 Å². The van der Waals surface area contributed by atoms with Gasteiger partial charge in [0.2, 0.25) is 0 Å². The number of nitrogens with zero attached hydrogens (tertiary/aromatic N) is 1. The average molecular weight is 324 g/mol. The van der Waals surface area contributed by atoms with Gasteiger partial charge in [-0.25, -0.2) is 0 Å². The molecule has 2 rings (SSSR count). The molecule has 0 aromatic heterocycles. The normalized spacial score (nSPS) is 12.6. The second kappa shape index (κ2) is 7.81. The summed E-state index contributed by atoms with van der Waals surface area (Å²) in [5.41, 5.74) is 1.87. The van der Waals surface area contributed by atoms with E-state index in [0.29, 0.717) is 11.4 Å². The summed E-state index contributed by atoms with van der Waals surface area (Å²) in [7, 11) is 2.02. The van der Waals surface area contributed by atoms with Crippen molar-refractivity contribution in [2.24, 2.45) is 0 Å². The molecule has 0 aliphatic carbocycles. The molecular formula is C17H19Cl2NO. The molecule has 0 amide bonds. The zero-order valence-corrected chi connectivity index (χ0v) is 13.5. The van der Waals surface area contributed by atoms with Crippen LogP contribution in [0.2, 0.25) is 10.0 Å². The number of halogens is 2. The van der Waals surface area contributed by atoms with Crippen molar-refractivity contribution in [3.63, 3.8) is 0 Å². The monoisotopic (exact) mass is 323 g/mol. The quantitative estimate of drug-likeness (QED) is 0.843. The van der Waals surface area contributed by atoms with Gasteiger partial charge in [-0.3, -0.25) is 0 Å². The standard InChI is InChI=1S/C17H19Cl2NO/c1-20(12-13-6-2-4-8-15(13)18)11-10-17(21)14-7-3-5-9-16(14)19/h2-9,17,21H,10-12H2,1H3. The van der Waals surface area contributed by atoms with Gasteiger partial charge in [0.25, 0.3) is 0 Å². The van der Waals surface area contributed by atoms with Crippen LogP contribution in [0.3, 0.4) is 0 Å². The van der Waals surface area contributed by atoms with Crippen LogP contribution in [-0.2, 0) is 6.54 Å². The van der Waals surface area contributed by atoms with E-state index in [1.165, 1.54) is 0 Å². The lowest BCUT2D eigenvalue weighted by molar-refractivity contribution is 0.148. The summed E-state index contributed by atoms with van der Waals surface area (Å²) in [6.07, 6.45) is 0.0809. The lowest BCUT2D eigenvalue weighted by Crippen LogP contribution is -2.21. The minimum atomic E-state index is -0.549. The number of benzene rings is 2. The maximum atomic E-state index is 10.2. The Labute approximate surface area is 135 Å². The SMILES string of the molecule is CN(CCC(O)c1ccccc1Cl)Cc1ccccc1Cl. The number of aliphatic hydroxyl groups excluding tert-OH is 1. The predicted molar refractivity (Wildman–Crippen MR) is 88.8 cm³/mol. The first-order valence-corrected chi connectivity index (χ1v) is 7.68. The van der Waals surface area contributed by atoms with Crippen molar-refractivity contribution in [2.45, 2.75) is 19.1 Å². The Bertz CT molecular complexity index is 589.